The lowest BCUT2D eigenvalue weighted by atomic mass is 9.47. The summed E-state index contributed by atoms with van der Waals surface area (Å²) in [7, 11) is 0. The molecule has 0 aliphatic heterocycles. The van der Waals surface area contributed by atoms with E-state index in [4.69, 9.17) is 5.11 Å². The highest BCUT2D eigenvalue weighted by molar-refractivity contribution is 5.83. The molecule has 2 fully saturated rings. The first-order valence-corrected chi connectivity index (χ1v) is 8.70. The quantitative estimate of drug-likeness (QED) is 0.776. The summed E-state index contributed by atoms with van der Waals surface area (Å²) < 4.78 is 0. The predicted octanol–water partition coefficient (Wildman–Crippen LogP) is 3.58. The molecule has 2 aliphatic carbocycles. The number of rotatable bonds is 4. The molecule has 2 aliphatic rings. The number of carbonyl (C=O) groups excluding carboxylic acids is 1. The van der Waals surface area contributed by atoms with Crippen LogP contribution in [0.15, 0.2) is 11.6 Å². The van der Waals surface area contributed by atoms with Crippen molar-refractivity contribution in [3.63, 3.8) is 0 Å². The van der Waals surface area contributed by atoms with Gasteiger partial charge in [-0.25, -0.2) is 4.79 Å². The maximum atomic E-state index is 12.6. The van der Waals surface area contributed by atoms with Gasteiger partial charge in [-0.1, -0.05) is 26.3 Å². The number of Topliss-reactive ketones (excluding diaryl/α,β-unsaturated/α-hetero) is 1. The third kappa shape index (κ3) is 3.37. The van der Waals surface area contributed by atoms with Crippen LogP contribution in [-0.4, -0.2) is 28.1 Å². The van der Waals surface area contributed by atoms with Crippen LogP contribution in [0, 0.1) is 22.7 Å². The normalized spacial score (nSPS) is 37.3. The number of hydrogen-bond acceptors (Lipinski definition) is 3. The summed E-state index contributed by atoms with van der Waals surface area (Å²) in [5, 5.41) is 19.2. The molecule has 2 saturated carbocycles. The lowest BCUT2D eigenvalue weighted by molar-refractivity contribution is -0.158. The van der Waals surface area contributed by atoms with Crippen LogP contribution in [0.3, 0.4) is 0 Å². The Hall–Kier alpha value is -1.16. The van der Waals surface area contributed by atoms with Gasteiger partial charge in [-0.2, -0.15) is 0 Å². The Morgan fingerprint density at radius 2 is 1.96 bits per heavy atom. The SMILES string of the molecule is C/C(=C/C(=O)O)CC[C@@H]1C(=O)CC[C@@H]2C(C)(C)[C@@H](O)CC[C@@]12C. The van der Waals surface area contributed by atoms with Crippen molar-refractivity contribution in [3.05, 3.63) is 11.6 Å². The van der Waals surface area contributed by atoms with Gasteiger partial charge in [-0.15, -0.1) is 0 Å². The minimum atomic E-state index is -0.927. The first-order valence-electron chi connectivity index (χ1n) is 8.70. The van der Waals surface area contributed by atoms with Crippen LogP contribution in [0.5, 0.6) is 0 Å². The Bertz CT molecular complexity index is 519. The lowest BCUT2D eigenvalue weighted by Crippen LogP contribution is -2.56. The zero-order chi connectivity index (χ0) is 17.4. The highest BCUT2D eigenvalue weighted by Gasteiger charge is 2.56. The van der Waals surface area contributed by atoms with E-state index in [1.165, 1.54) is 6.08 Å². The molecule has 0 bridgehead atoms. The summed E-state index contributed by atoms with van der Waals surface area (Å²) in [5.74, 6) is -0.294. The second-order valence-electron chi connectivity index (χ2n) is 8.36. The average Bonchev–Trinajstić information content (AvgIpc) is 2.42. The fourth-order valence-corrected chi connectivity index (χ4v) is 5.17. The number of ketones is 1. The molecule has 0 aromatic carbocycles. The Morgan fingerprint density at radius 1 is 1.30 bits per heavy atom. The third-order valence-electron chi connectivity index (χ3n) is 6.57. The van der Waals surface area contributed by atoms with Crippen LogP contribution in [0.25, 0.3) is 0 Å². The highest BCUT2D eigenvalue weighted by Crippen LogP contribution is 2.59. The van der Waals surface area contributed by atoms with Crippen molar-refractivity contribution in [2.24, 2.45) is 22.7 Å². The van der Waals surface area contributed by atoms with Crippen LogP contribution in [0.1, 0.15) is 66.2 Å². The van der Waals surface area contributed by atoms with Gasteiger partial charge in [0, 0.05) is 18.4 Å². The van der Waals surface area contributed by atoms with Crippen LogP contribution in [-0.2, 0) is 9.59 Å². The Kier molecular flexibility index (Phi) is 5.05. The highest BCUT2D eigenvalue weighted by atomic mass is 16.4. The average molecular weight is 322 g/mol. The maximum absolute atomic E-state index is 12.6. The summed E-state index contributed by atoms with van der Waals surface area (Å²) in [4.78, 5) is 23.3. The van der Waals surface area contributed by atoms with E-state index in [2.05, 4.69) is 20.8 Å². The first kappa shape index (κ1) is 18.2. The molecule has 0 radical (unpaired) electrons. The molecule has 4 heteroatoms. The van der Waals surface area contributed by atoms with Crippen molar-refractivity contribution in [3.8, 4) is 0 Å². The predicted molar refractivity (Wildman–Crippen MR) is 89.0 cm³/mol. The van der Waals surface area contributed by atoms with Crippen molar-refractivity contribution in [1.82, 2.24) is 0 Å². The Morgan fingerprint density at radius 3 is 2.57 bits per heavy atom. The van der Waals surface area contributed by atoms with Gasteiger partial charge in [0.1, 0.15) is 5.78 Å². The zero-order valence-electron chi connectivity index (χ0n) is 14.8. The monoisotopic (exact) mass is 322 g/mol. The van der Waals surface area contributed by atoms with E-state index in [-0.39, 0.29) is 22.9 Å². The summed E-state index contributed by atoms with van der Waals surface area (Å²) in [6.07, 6.45) is 5.36. The molecule has 130 valence electrons. The Balaban J connectivity index is 2.21. The number of carboxylic acids is 1. The number of aliphatic carboxylic acids is 1. The smallest absolute Gasteiger partial charge is 0.328 e. The van der Waals surface area contributed by atoms with E-state index in [0.717, 1.165) is 24.8 Å². The number of fused-ring (bicyclic) bond motifs is 1. The molecule has 0 spiro atoms. The minimum Gasteiger partial charge on any atom is -0.478 e. The second kappa shape index (κ2) is 6.39. The van der Waals surface area contributed by atoms with Crippen molar-refractivity contribution >= 4 is 11.8 Å². The summed E-state index contributed by atoms with van der Waals surface area (Å²) >= 11 is 0. The van der Waals surface area contributed by atoms with E-state index in [9.17, 15) is 14.7 Å². The molecule has 4 nitrogen and oxygen atoms in total. The lowest BCUT2D eigenvalue weighted by Gasteiger charge is -2.58. The van der Waals surface area contributed by atoms with E-state index in [1.54, 1.807) is 0 Å². The van der Waals surface area contributed by atoms with Crippen molar-refractivity contribution in [2.45, 2.75) is 72.3 Å². The molecular formula is C19H30O4. The standard InChI is InChI=1S/C19H30O4/c1-12(11-17(22)23)5-6-13-14(20)7-8-15-18(2,3)16(21)9-10-19(13,15)4/h11,13,15-16,21H,5-10H2,1-4H3,(H,22,23)/b12-11-/t13-,15-,16+,19+/m1/s1. The number of allylic oxidation sites excluding steroid dienone is 1. The third-order valence-corrected chi connectivity index (χ3v) is 6.57. The minimum absolute atomic E-state index is 0.0230. The topological polar surface area (TPSA) is 74.6 Å². The molecule has 0 amide bonds. The Labute approximate surface area is 139 Å². The van der Waals surface area contributed by atoms with Crippen LogP contribution >= 0.6 is 0 Å². The number of aliphatic hydroxyl groups is 1. The van der Waals surface area contributed by atoms with Crippen molar-refractivity contribution in [1.29, 1.82) is 0 Å². The number of carbonyl (C=O) groups is 2. The molecule has 23 heavy (non-hydrogen) atoms. The van der Waals surface area contributed by atoms with Crippen molar-refractivity contribution < 1.29 is 19.8 Å². The van der Waals surface area contributed by atoms with Crippen LogP contribution in [0.2, 0.25) is 0 Å². The van der Waals surface area contributed by atoms with Gasteiger partial charge in [0.15, 0.2) is 0 Å². The summed E-state index contributed by atoms with van der Waals surface area (Å²) in [6.45, 7) is 8.28. The second-order valence-corrected chi connectivity index (χ2v) is 8.36. The fraction of sp³-hybridized carbons (Fsp3) is 0.789. The van der Waals surface area contributed by atoms with Crippen LogP contribution < -0.4 is 0 Å². The molecule has 4 atom stereocenters. The molecule has 2 N–H and O–H groups in total. The number of hydrogen-bond donors (Lipinski definition) is 2. The van der Waals surface area contributed by atoms with Gasteiger partial charge >= 0.3 is 5.97 Å². The molecule has 0 aromatic rings. The summed E-state index contributed by atoms with van der Waals surface area (Å²) in [5.41, 5.74) is 0.561. The number of aliphatic hydroxyl groups excluding tert-OH is 1. The van der Waals surface area contributed by atoms with Gasteiger partial charge < -0.3 is 10.2 Å². The van der Waals surface area contributed by atoms with E-state index in [0.29, 0.717) is 31.0 Å². The van der Waals surface area contributed by atoms with Gasteiger partial charge in [0.05, 0.1) is 6.10 Å². The molecule has 2 rings (SSSR count). The number of carboxylic acid groups (broad SMARTS) is 1. The molecule has 0 unspecified atom stereocenters. The largest absolute Gasteiger partial charge is 0.478 e. The summed E-state index contributed by atoms with van der Waals surface area (Å²) in [6, 6.07) is 0. The van der Waals surface area contributed by atoms with Gasteiger partial charge in [-0.05, 0) is 55.8 Å². The molecule has 0 aromatic heterocycles. The van der Waals surface area contributed by atoms with E-state index in [1.807, 2.05) is 6.92 Å². The van der Waals surface area contributed by atoms with Crippen molar-refractivity contribution in [2.75, 3.05) is 0 Å². The fourth-order valence-electron chi connectivity index (χ4n) is 5.17. The van der Waals surface area contributed by atoms with Crippen LogP contribution in [0.4, 0.5) is 0 Å². The van der Waals surface area contributed by atoms with Gasteiger partial charge in [0.2, 0.25) is 0 Å². The van der Waals surface area contributed by atoms with E-state index >= 15 is 0 Å². The molecule has 0 saturated heterocycles. The van der Waals surface area contributed by atoms with Gasteiger partial charge in [-0.3, -0.25) is 4.79 Å². The van der Waals surface area contributed by atoms with Gasteiger partial charge in [0.25, 0.3) is 0 Å². The maximum Gasteiger partial charge on any atom is 0.328 e. The first-order chi connectivity index (χ1) is 10.6. The zero-order valence-corrected chi connectivity index (χ0v) is 14.8. The molecular weight excluding hydrogens is 292 g/mol. The molecule has 0 heterocycles. The van der Waals surface area contributed by atoms with E-state index < -0.39 is 5.97 Å².